The van der Waals surface area contributed by atoms with Crippen molar-refractivity contribution in [2.24, 2.45) is 5.73 Å². The molecule has 3 rings (SSSR count). The SMILES string of the molecule is CC1Sc2ccc(C(=O)Nc3nc(CC(N)=O)cs3)cc2NC1=O. The van der Waals surface area contributed by atoms with Gasteiger partial charge >= 0.3 is 0 Å². The van der Waals surface area contributed by atoms with Gasteiger partial charge in [-0.15, -0.1) is 23.1 Å². The van der Waals surface area contributed by atoms with Crippen LogP contribution in [-0.2, 0) is 16.0 Å². The van der Waals surface area contributed by atoms with E-state index in [0.717, 1.165) is 4.90 Å². The number of hydrogen-bond acceptors (Lipinski definition) is 6. The predicted octanol–water partition coefficient (Wildman–Crippen LogP) is 1.86. The van der Waals surface area contributed by atoms with Crippen LogP contribution in [0.1, 0.15) is 23.0 Å². The number of primary amides is 1. The number of nitrogens with two attached hydrogens (primary N) is 1. The molecule has 0 saturated heterocycles. The molecule has 3 amide bonds. The molecule has 9 heteroatoms. The van der Waals surface area contributed by atoms with Crippen molar-refractivity contribution in [1.29, 1.82) is 0 Å². The van der Waals surface area contributed by atoms with Crippen LogP contribution in [-0.4, -0.2) is 28.0 Å². The molecule has 1 aliphatic heterocycles. The summed E-state index contributed by atoms with van der Waals surface area (Å²) >= 11 is 2.67. The third-order valence-electron chi connectivity index (χ3n) is 3.30. The normalized spacial score (nSPS) is 16.2. The van der Waals surface area contributed by atoms with Crippen LogP contribution < -0.4 is 16.4 Å². The van der Waals surface area contributed by atoms with Crippen molar-refractivity contribution in [3.05, 3.63) is 34.8 Å². The van der Waals surface area contributed by atoms with E-state index in [0.29, 0.717) is 22.1 Å². The standard InChI is InChI=1S/C15H14N4O3S2/c1-7-13(21)18-10-4-8(2-3-11(10)24-7)14(22)19-15-17-9(6-23-15)5-12(16)20/h2-4,6-7H,5H2,1H3,(H2,16,20)(H,18,21)(H,17,19,22). The maximum absolute atomic E-state index is 12.3. The minimum atomic E-state index is -0.477. The molecular weight excluding hydrogens is 348 g/mol. The molecule has 1 aliphatic rings. The van der Waals surface area contributed by atoms with Crippen molar-refractivity contribution in [3.63, 3.8) is 0 Å². The summed E-state index contributed by atoms with van der Waals surface area (Å²) in [5, 5.41) is 7.37. The van der Waals surface area contributed by atoms with Gasteiger partial charge in [-0.3, -0.25) is 19.7 Å². The lowest BCUT2D eigenvalue weighted by Gasteiger charge is -2.21. The summed E-state index contributed by atoms with van der Waals surface area (Å²) in [5.74, 6) is -0.896. The molecule has 1 unspecified atom stereocenters. The number of thiazole rings is 1. The molecule has 7 nitrogen and oxygen atoms in total. The number of nitrogens with one attached hydrogen (secondary N) is 2. The smallest absolute Gasteiger partial charge is 0.257 e. The van der Waals surface area contributed by atoms with E-state index in [4.69, 9.17) is 5.73 Å². The molecule has 124 valence electrons. The maximum Gasteiger partial charge on any atom is 0.257 e. The first-order chi connectivity index (χ1) is 11.4. The van der Waals surface area contributed by atoms with Crippen LogP contribution in [0.2, 0.25) is 0 Å². The van der Waals surface area contributed by atoms with Crippen molar-refractivity contribution >= 4 is 51.6 Å². The second-order valence-electron chi connectivity index (χ2n) is 5.20. The molecule has 2 heterocycles. The molecule has 0 fully saturated rings. The minimum absolute atomic E-state index is 0.0344. The van der Waals surface area contributed by atoms with E-state index in [2.05, 4.69) is 15.6 Å². The molecule has 0 bridgehead atoms. The zero-order chi connectivity index (χ0) is 17.3. The first-order valence-electron chi connectivity index (χ1n) is 7.08. The molecule has 0 radical (unpaired) electrons. The summed E-state index contributed by atoms with van der Waals surface area (Å²) in [6.07, 6.45) is 0.0344. The highest BCUT2D eigenvalue weighted by molar-refractivity contribution is 8.00. The highest BCUT2D eigenvalue weighted by Gasteiger charge is 2.23. The molecule has 0 aliphatic carbocycles. The molecule has 2 aromatic rings. The second-order valence-corrected chi connectivity index (χ2v) is 7.44. The van der Waals surface area contributed by atoms with E-state index < -0.39 is 5.91 Å². The van der Waals surface area contributed by atoms with Gasteiger partial charge in [0.2, 0.25) is 11.8 Å². The Morgan fingerprint density at radius 2 is 2.21 bits per heavy atom. The summed E-state index contributed by atoms with van der Waals surface area (Å²) in [6, 6.07) is 5.15. The zero-order valence-electron chi connectivity index (χ0n) is 12.7. The lowest BCUT2D eigenvalue weighted by atomic mass is 10.2. The third-order valence-corrected chi connectivity index (χ3v) is 5.28. The first-order valence-corrected chi connectivity index (χ1v) is 8.84. The zero-order valence-corrected chi connectivity index (χ0v) is 14.3. The van der Waals surface area contributed by atoms with Crippen molar-refractivity contribution in [2.75, 3.05) is 10.6 Å². The van der Waals surface area contributed by atoms with Crippen molar-refractivity contribution < 1.29 is 14.4 Å². The Morgan fingerprint density at radius 3 is 2.96 bits per heavy atom. The van der Waals surface area contributed by atoms with Crippen molar-refractivity contribution in [2.45, 2.75) is 23.5 Å². The van der Waals surface area contributed by atoms with E-state index in [1.54, 1.807) is 17.5 Å². The highest BCUT2D eigenvalue weighted by atomic mass is 32.2. The van der Waals surface area contributed by atoms with Crippen LogP contribution in [0.4, 0.5) is 10.8 Å². The molecular formula is C15H14N4O3S2. The molecule has 1 aromatic carbocycles. The number of nitrogens with zero attached hydrogens (tertiary/aromatic N) is 1. The second kappa shape index (κ2) is 6.62. The van der Waals surface area contributed by atoms with Gasteiger partial charge in [0.15, 0.2) is 5.13 Å². The van der Waals surface area contributed by atoms with Gasteiger partial charge in [0.25, 0.3) is 5.91 Å². The molecule has 4 N–H and O–H groups in total. The number of carbonyl (C=O) groups excluding carboxylic acids is 3. The number of rotatable bonds is 4. The summed E-state index contributed by atoms with van der Waals surface area (Å²) in [7, 11) is 0. The number of amides is 3. The lowest BCUT2D eigenvalue weighted by molar-refractivity contribution is -0.117. The Kier molecular flexibility index (Phi) is 4.54. The van der Waals surface area contributed by atoms with E-state index in [-0.39, 0.29) is 23.5 Å². The van der Waals surface area contributed by atoms with Gasteiger partial charge < -0.3 is 11.1 Å². The summed E-state index contributed by atoms with van der Waals surface area (Å²) in [5.41, 5.74) is 6.67. The number of hydrogen-bond donors (Lipinski definition) is 3. The molecule has 0 spiro atoms. The highest BCUT2D eigenvalue weighted by Crippen LogP contribution is 2.36. The largest absolute Gasteiger partial charge is 0.369 e. The van der Waals surface area contributed by atoms with E-state index in [1.807, 2.05) is 13.0 Å². The fourth-order valence-corrected chi connectivity index (χ4v) is 3.78. The van der Waals surface area contributed by atoms with Crippen molar-refractivity contribution in [1.82, 2.24) is 4.98 Å². The first kappa shape index (κ1) is 16.5. The van der Waals surface area contributed by atoms with Gasteiger partial charge in [0.1, 0.15) is 0 Å². The van der Waals surface area contributed by atoms with Gasteiger partial charge in [0.05, 0.1) is 23.1 Å². The summed E-state index contributed by atoms with van der Waals surface area (Å²) in [4.78, 5) is 40.0. The third kappa shape index (κ3) is 3.57. The number of fused-ring (bicyclic) bond motifs is 1. The molecule has 1 aromatic heterocycles. The van der Waals surface area contributed by atoms with Gasteiger partial charge in [-0.05, 0) is 25.1 Å². The molecule has 0 saturated carbocycles. The molecule has 1 atom stereocenters. The van der Waals surface area contributed by atoms with Crippen LogP contribution >= 0.6 is 23.1 Å². The monoisotopic (exact) mass is 362 g/mol. The van der Waals surface area contributed by atoms with E-state index in [9.17, 15) is 14.4 Å². The fourth-order valence-electron chi connectivity index (χ4n) is 2.14. The van der Waals surface area contributed by atoms with Gasteiger partial charge in [-0.2, -0.15) is 0 Å². The van der Waals surface area contributed by atoms with Crippen LogP contribution in [0.25, 0.3) is 0 Å². The topological polar surface area (TPSA) is 114 Å². The quantitative estimate of drug-likeness (QED) is 0.768. The van der Waals surface area contributed by atoms with Gasteiger partial charge in [-0.1, -0.05) is 0 Å². The summed E-state index contributed by atoms with van der Waals surface area (Å²) < 4.78 is 0. The Morgan fingerprint density at radius 1 is 1.42 bits per heavy atom. The maximum atomic E-state index is 12.3. The van der Waals surface area contributed by atoms with Gasteiger partial charge in [0, 0.05) is 15.8 Å². The fraction of sp³-hybridized carbons (Fsp3) is 0.200. The van der Waals surface area contributed by atoms with Crippen LogP contribution in [0.5, 0.6) is 0 Å². The number of carbonyl (C=O) groups is 3. The number of thioether (sulfide) groups is 1. The Bertz CT molecular complexity index is 834. The van der Waals surface area contributed by atoms with E-state index >= 15 is 0 Å². The molecule has 24 heavy (non-hydrogen) atoms. The van der Waals surface area contributed by atoms with Crippen LogP contribution in [0.3, 0.4) is 0 Å². The minimum Gasteiger partial charge on any atom is -0.369 e. The number of benzene rings is 1. The lowest BCUT2D eigenvalue weighted by Crippen LogP contribution is -2.26. The Labute approximate surface area is 146 Å². The summed E-state index contributed by atoms with van der Waals surface area (Å²) in [6.45, 7) is 1.83. The van der Waals surface area contributed by atoms with Crippen LogP contribution in [0.15, 0.2) is 28.5 Å². The Hall–Kier alpha value is -2.39. The predicted molar refractivity (Wildman–Crippen MR) is 93.4 cm³/mol. The Balaban J connectivity index is 1.74. The van der Waals surface area contributed by atoms with Crippen LogP contribution in [0, 0.1) is 0 Å². The number of anilines is 2. The van der Waals surface area contributed by atoms with Crippen molar-refractivity contribution in [3.8, 4) is 0 Å². The number of aromatic nitrogens is 1. The average molecular weight is 362 g/mol. The average Bonchev–Trinajstić information content (AvgIpc) is 2.94. The van der Waals surface area contributed by atoms with Gasteiger partial charge in [-0.25, -0.2) is 4.98 Å². The van der Waals surface area contributed by atoms with E-state index in [1.165, 1.54) is 23.1 Å².